The molecule has 0 bridgehead atoms. The normalized spacial score (nSPS) is 19.8. The number of benzene rings is 1. The van der Waals surface area contributed by atoms with E-state index in [9.17, 15) is 9.59 Å². The fourth-order valence-corrected chi connectivity index (χ4v) is 3.85. The third kappa shape index (κ3) is 2.57. The van der Waals surface area contributed by atoms with Crippen LogP contribution in [0.25, 0.3) is 10.9 Å². The molecular formula is C18H22N4O2. The molecule has 3 amide bonds. The van der Waals surface area contributed by atoms with Gasteiger partial charge in [0.25, 0.3) is 0 Å². The second-order valence-electron chi connectivity index (χ2n) is 6.65. The number of urea groups is 1. The van der Waals surface area contributed by atoms with E-state index in [0.29, 0.717) is 18.9 Å². The Hall–Kier alpha value is -2.34. The number of amides is 3. The number of carbonyl (C=O) groups excluding carboxylic acids is 2. The summed E-state index contributed by atoms with van der Waals surface area (Å²) in [5, 5.41) is 6.94. The number of piperidine rings is 1. The van der Waals surface area contributed by atoms with Crippen LogP contribution in [-0.2, 0) is 11.8 Å². The van der Waals surface area contributed by atoms with Crippen LogP contribution in [0.5, 0.6) is 0 Å². The summed E-state index contributed by atoms with van der Waals surface area (Å²) >= 11 is 0. The van der Waals surface area contributed by atoms with E-state index in [2.05, 4.69) is 40.4 Å². The van der Waals surface area contributed by atoms with Crippen molar-refractivity contribution >= 4 is 28.5 Å². The molecule has 2 N–H and O–H groups in total. The summed E-state index contributed by atoms with van der Waals surface area (Å²) in [6.07, 6.45) is 2.67. The van der Waals surface area contributed by atoms with E-state index in [4.69, 9.17) is 0 Å². The Morgan fingerprint density at radius 1 is 1.12 bits per heavy atom. The average molecular weight is 326 g/mol. The smallest absolute Gasteiger partial charge is 0.328 e. The van der Waals surface area contributed by atoms with E-state index in [1.807, 2.05) is 6.07 Å². The van der Waals surface area contributed by atoms with Crippen LogP contribution in [0.2, 0.25) is 0 Å². The van der Waals surface area contributed by atoms with Gasteiger partial charge in [-0.25, -0.2) is 4.79 Å². The van der Waals surface area contributed by atoms with E-state index in [1.54, 1.807) is 4.90 Å². The molecule has 2 aliphatic rings. The predicted molar refractivity (Wildman–Crippen MR) is 93.3 cm³/mol. The van der Waals surface area contributed by atoms with Gasteiger partial charge >= 0.3 is 6.03 Å². The first-order valence-corrected chi connectivity index (χ1v) is 8.55. The summed E-state index contributed by atoms with van der Waals surface area (Å²) in [6, 6.07) is 8.00. The van der Waals surface area contributed by atoms with Gasteiger partial charge in [0.05, 0.1) is 0 Å². The van der Waals surface area contributed by atoms with Gasteiger partial charge in [0.2, 0.25) is 5.91 Å². The van der Waals surface area contributed by atoms with E-state index in [-0.39, 0.29) is 11.9 Å². The van der Waals surface area contributed by atoms with Crippen molar-refractivity contribution in [3.05, 3.63) is 30.0 Å². The second-order valence-corrected chi connectivity index (χ2v) is 6.65. The average Bonchev–Trinajstić information content (AvgIpc) is 2.92. The number of aromatic nitrogens is 1. The van der Waals surface area contributed by atoms with E-state index >= 15 is 0 Å². The van der Waals surface area contributed by atoms with E-state index in [1.165, 1.54) is 11.2 Å². The summed E-state index contributed by atoms with van der Waals surface area (Å²) in [7, 11) is 2.12. The monoisotopic (exact) mass is 326 g/mol. The molecule has 0 unspecified atom stereocenters. The van der Waals surface area contributed by atoms with Crippen LogP contribution >= 0.6 is 0 Å². The highest BCUT2D eigenvalue weighted by molar-refractivity contribution is 6.06. The topological polar surface area (TPSA) is 66.4 Å². The van der Waals surface area contributed by atoms with Gasteiger partial charge in [-0.1, -0.05) is 0 Å². The van der Waals surface area contributed by atoms with E-state index in [0.717, 1.165) is 37.0 Å². The minimum atomic E-state index is -0.333. The number of nitrogens with one attached hydrogen (secondary N) is 2. The van der Waals surface area contributed by atoms with Crippen LogP contribution in [0.3, 0.4) is 0 Å². The van der Waals surface area contributed by atoms with Crippen molar-refractivity contribution in [2.24, 2.45) is 7.05 Å². The molecule has 0 radical (unpaired) electrons. The number of imide groups is 1. The maximum Gasteiger partial charge on any atom is 0.328 e. The SMILES string of the molecule is Cn1c(C2CCNCC2)cc2cc(N3CCC(=O)NC3=O)ccc21. The van der Waals surface area contributed by atoms with Crippen molar-refractivity contribution < 1.29 is 9.59 Å². The number of hydrogen-bond donors (Lipinski definition) is 2. The van der Waals surface area contributed by atoms with Gasteiger partial charge in [0, 0.05) is 48.2 Å². The zero-order chi connectivity index (χ0) is 16.7. The highest BCUT2D eigenvalue weighted by Gasteiger charge is 2.25. The molecule has 1 aromatic carbocycles. The molecule has 126 valence electrons. The summed E-state index contributed by atoms with van der Waals surface area (Å²) in [5.74, 6) is 0.383. The Kier molecular flexibility index (Phi) is 3.76. The molecule has 24 heavy (non-hydrogen) atoms. The van der Waals surface area contributed by atoms with Gasteiger partial charge in [0.15, 0.2) is 0 Å². The van der Waals surface area contributed by atoms with Gasteiger partial charge in [-0.3, -0.25) is 15.0 Å². The van der Waals surface area contributed by atoms with Gasteiger partial charge in [-0.15, -0.1) is 0 Å². The molecule has 0 spiro atoms. The molecule has 0 saturated carbocycles. The van der Waals surface area contributed by atoms with Crippen LogP contribution in [-0.4, -0.2) is 36.1 Å². The van der Waals surface area contributed by atoms with Crippen LogP contribution in [0.4, 0.5) is 10.5 Å². The highest BCUT2D eigenvalue weighted by Crippen LogP contribution is 2.32. The summed E-state index contributed by atoms with van der Waals surface area (Å²) in [6.45, 7) is 2.57. The predicted octanol–water partition coefficient (Wildman–Crippen LogP) is 2.09. The van der Waals surface area contributed by atoms with Crippen molar-refractivity contribution in [3.8, 4) is 0 Å². The quantitative estimate of drug-likeness (QED) is 0.888. The molecule has 0 aliphatic carbocycles. The molecule has 6 heteroatoms. The molecule has 2 saturated heterocycles. The third-order valence-electron chi connectivity index (χ3n) is 5.19. The number of nitrogens with zero attached hydrogens (tertiary/aromatic N) is 2. The number of hydrogen-bond acceptors (Lipinski definition) is 3. The molecule has 3 heterocycles. The van der Waals surface area contributed by atoms with Crippen molar-refractivity contribution in [2.45, 2.75) is 25.2 Å². The maximum atomic E-state index is 12.0. The van der Waals surface area contributed by atoms with Crippen molar-refractivity contribution in [1.82, 2.24) is 15.2 Å². The lowest BCUT2D eigenvalue weighted by atomic mass is 9.94. The van der Waals surface area contributed by atoms with Gasteiger partial charge in [0.1, 0.15) is 0 Å². The number of aryl methyl sites for hydroxylation is 1. The van der Waals surface area contributed by atoms with Crippen LogP contribution in [0.1, 0.15) is 30.9 Å². The van der Waals surface area contributed by atoms with Gasteiger partial charge in [-0.05, 0) is 50.2 Å². The van der Waals surface area contributed by atoms with Gasteiger partial charge < -0.3 is 9.88 Å². The molecule has 2 aliphatic heterocycles. The highest BCUT2D eigenvalue weighted by atomic mass is 16.2. The Morgan fingerprint density at radius 3 is 2.67 bits per heavy atom. The standard InChI is InChI=1S/C18H22N4O2/c1-21-15-3-2-14(22-9-6-17(23)20-18(22)24)10-13(15)11-16(21)12-4-7-19-8-5-12/h2-3,10-12,19H,4-9H2,1H3,(H,20,23,24). The van der Waals surface area contributed by atoms with Crippen molar-refractivity contribution in [3.63, 3.8) is 0 Å². The number of fused-ring (bicyclic) bond motifs is 1. The number of carbonyl (C=O) groups is 2. The Morgan fingerprint density at radius 2 is 1.92 bits per heavy atom. The molecule has 1 aromatic heterocycles. The number of anilines is 1. The van der Waals surface area contributed by atoms with Crippen LogP contribution in [0, 0.1) is 0 Å². The molecule has 4 rings (SSSR count). The third-order valence-corrected chi connectivity index (χ3v) is 5.19. The molecule has 2 aromatic rings. The van der Waals surface area contributed by atoms with Crippen LogP contribution in [0.15, 0.2) is 24.3 Å². The molecular weight excluding hydrogens is 304 g/mol. The zero-order valence-electron chi connectivity index (χ0n) is 13.8. The Balaban J connectivity index is 1.68. The zero-order valence-corrected chi connectivity index (χ0v) is 13.8. The second kappa shape index (κ2) is 5.94. The number of rotatable bonds is 2. The molecule has 6 nitrogen and oxygen atoms in total. The maximum absolute atomic E-state index is 12.0. The Bertz CT molecular complexity index is 805. The fourth-order valence-electron chi connectivity index (χ4n) is 3.85. The Labute approximate surface area is 140 Å². The molecule has 2 fully saturated rings. The van der Waals surface area contributed by atoms with E-state index < -0.39 is 0 Å². The summed E-state index contributed by atoms with van der Waals surface area (Å²) in [5.41, 5.74) is 3.39. The lowest BCUT2D eigenvalue weighted by Crippen LogP contribution is -2.49. The summed E-state index contributed by atoms with van der Waals surface area (Å²) in [4.78, 5) is 25.0. The minimum absolute atomic E-state index is 0.203. The molecule has 0 atom stereocenters. The largest absolute Gasteiger partial charge is 0.347 e. The lowest BCUT2D eigenvalue weighted by molar-refractivity contribution is -0.120. The lowest BCUT2D eigenvalue weighted by Gasteiger charge is -2.26. The minimum Gasteiger partial charge on any atom is -0.347 e. The fraction of sp³-hybridized carbons (Fsp3) is 0.444. The first-order valence-electron chi connectivity index (χ1n) is 8.55. The van der Waals surface area contributed by atoms with Crippen LogP contribution < -0.4 is 15.5 Å². The van der Waals surface area contributed by atoms with Crippen molar-refractivity contribution in [1.29, 1.82) is 0 Å². The van der Waals surface area contributed by atoms with Gasteiger partial charge in [-0.2, -0.15) is 0 Å². The first-order chi connectivity index (χ1) is 11.6. The summed E-state index contributed by atoms with van der Waals surface area (Å²) < 4.78 is 2.27. The first kappa shape index (κ1) is 15.2. The van der Waals surface area contributed by atoms with Crippen molar-refractivity contribution in [2.75, 3.05) is 24.5 Å².